The number of rotatable bonds is 5. The molecule has 0 bridgehead atoms. The van der Waals surface area contributed by atoms with Gasteiger partial charge in [-0.1, -0.05) is 22.0 Å². The predicted molar refractivity (Wildman–Crippen MR) is 122 cm³/mol. The average molecular weight is 471 g/mol. The van der Waals surface area contributed by atoms with Gasteiger partial charge in [-0.05, 0) is 74.1 Å². The van der Waals surface area contributed by atoms with Crippen molar-refractivity contribution in [3.63, 3.8) is 0 Å². The fourth-order valence-corrected chi connectivity index (χ4v) is 4.76. The zero-order valence-corrected chi connectivity index (χ0v) is 18.7. The number of pyridine rings is 1. The second-order valence-corrected chi connectivity index (χ2v) is 8.48. The summed E-state index contributed by atoms with van der Waals surface area (Å²) in [6, 6.07) is 16.3. The molecule has 1 aliphatic rings. The van der Waals surface area contributed by atoms with Gasteiger partial charge in [0.1, 0.15) is 0 Å². The number of benzene rings is 1. The van der Waals surface area contributed by atoms with E-state index in [2.05, 4.69) is 79.9 Å². The third kappa shape index (κ3) is 3.70. The van der Waals surface area contributed by atoms with Crippen LogP contribution < -0.4 is 5.32 Å². The number of nitrogens with one attached hydrogen (secondary N) is 1. The normalized spacial score (nSPS) is 18.9. The lowest BCUT2D eigenvalue weighted by atomic mass is 9.97. The molecule has 1 aromatic carbocycles. The van der Waals surface area contributed by atoms with Crippen LogP contribution in [0.3, 0.4) is 0 Å². The molecule has 0 amide bonds. The smallest absolute Gasteiger partial charge is 0.170 e. The summed E-state index contributed by atoms with van der Waals surface area (Å²) in [6.45, 7) is 4.77. The van der Waals surface area contributed by atoms with Gasteiger partial charge in [0, 0.05) is 34.3 Å². The van der Waals surface area contributed by atoms with Crippen molar-refractivity contribution < 1.29 is 5.11 Å². The van der Waals surface area contributed by atoms with Crippen molar-refractivity contribution in [1.82, 2.24) is 19.8 Å². The van der Waals surface area contributed by atoms with Crippen LogP contribution in [0.1, 0.15) is 34.7 Å². The molecule has 0 saturated carbocycles. The highest BCUT2D eigenvalue weighted by Crippen LogP contribution is 2.41. The van der Waals surface area contributed by atoms with E-state index in [1.165, 1.54) is 5.56 Å². The van der Waals surface area contributed by atoms with E-state index >= 15 is 0 Å². The van der Waals surface area contributed by atoms with Crippen molar-refractivity contribution in [2.75, 3.05) is 13.2 Å². The molecule has 2 aromatic heterocycles. The summed E-state index contributed by atoms with van der Waals surface area (Å²) in [4.78, 5) is 6.64. The van der Waals surface area contributed by atoms with Crippen LogP contribution in [-0.4, -0.2) is 37.8 Å². The number of aromatic nitrogens is 2. The van der Waals surface area contributed by atoms with Crippen LogP contribution in [0.25, 0.3) is 5.69 Å². The molecular formula is C22H23BrN4OS. The number of halogens is 1. The Bertz CT molecular complexity index is 1020. The Morgan fingerprint density at radius 2 is 1.93 bits per heavy atom. The van der Waals surface area contributed by atoms with Gasteiger partial charge < -0.3 is 19.9 Å². The Morgan fingerprint density at radius 3 is 2.59 bits per heavy atom. The SMILES string of the molecule is Cc1cc([C@H]2[C@H](c3ccccn3)NC(=S)N2CCO)c(C)n1-c1ccc(Br)cc1. The maximum Gasteiger partial charge on any atom is 0.170 e. The molecule has 3 heterocycles. The highest BCUT2D eigenvalue weighted by molar-refractivity contribution is 9.10. The van der Waals surface area contributed by atoms with Gasteiger partial charge in [-0.2, -0.15) is 0 Å². The highest BCUT2D eigenvalue weighted by Gasteiger charge is 2.41. The topological polar surface area (TPSA) is 53.3 Å². The minimum Gasteiger partial charge on any atom is -0.395 e. The number of nitrogens with zero attached hydrogens (tertiary/aromatic N) is 3. The molecule has 5 nitrogen and oxygen atoms in total. The van der Waals surface area contributed by atoms with Crippen LogP contribution in [0.15, 0.2) is 59.2 Å². The lowest BCUT2D eigenvalue weighted by molar-refractivity contribution is 0.223. The molecule has 2 atom stereocenters. The molecule has 4 rings (SSSR count). The lowest BCUT2D eigenvalue weighted by Gasteiger charge is -2.27. The van der Waals surface area contributed by atoms with Crippen LogP contribution in [0.5, 0.6) is 0 Å². The molecule has 1 aliphatic heterocycles. The molecule has 3 aromatic rings. The zero-order valence-electron chi connectivity index (χ0n) is 16.3. The first kappa shape index (κ1) is 20.1. The molecule has 0 radical (unpaired) electrons. The van der Waals surface area contributed by atoms with Crippen LogP contribution in [0, 0.1) is 13.8 Å². The summed E-state index contributed by atoms with van der Waals surface area (Å²) in [5.74, 6) is 0. The number of aryl methyl sites for hydroxylation is 1. The number of aliphatic hydroxyl groups excluding tert-OH is 1. The van der Waals surface area contributed by atoms with Gasteiger partial charge in [0.2, 0.25) is 0 Å². The highest BCUT2D eigenvalue weighted by atomic mass is 79.9. The fraction of sp³-hybridized carbons (Fsp3) is 0.273. The first-order valence-corrected chi connectivity index (χ1v) is 10.7. The minimum atomic E-state index is -0.0749. The van der Waals surface area contributed by atoms with Gasteiger partial charge in [0.25, 0.3) is 0 Å². The molecular weight excluding hydrogens is 448 g/mol. The Morgan fingerprint density at radius 1 is 1.17 bits per heavy atom. The number of aliphatic hydroxyl groups is 1. The summed E-state index contributed by atoms with van der Waals surface area (Å²) in [6.07, 6.45) is 1.80. The molecule has 0 unspecified atom stereocenters. The summed E-state index contributed by atoms with van der Waals surface area (Å²) in [7, 11) is 0. The largest absolute Gasteiger partial charge is 0.395 e. The molecule has 150 valence electrons. The number of hydrogen-bond acceptors (Lipinski definition) is 3. The fourth-order valence-electron chi connectivity index (χ4n) is 4.17. The second-order valence-electron chi connectivity index (χ2n) is 7.18. The third-order valence-corrected chi connectivity index (χ3v) is 6.29. The van der Waals surface area contributed by atoms with Crippen molar-refractivity contribution in [2.45, 2.75) is 25.9 Å². The van der Waals surface area contributed by atoms with Crippen molar-refractivity contribution in [2.24, 2.45) is 0 Å². The maximum atomic E-state index is 9.64. The summed E-state index contributed by atoms with van der Waals surface area (Å²) in [5.41, 5.74) is 5.55. The minimum absolute atomic E-state index is 0.0404. The van der Waals surface area contributed by atoms with Crippen molar-refractivity contribution >= 4 is 33.3 Å². The summed E-state index contributed by atoms with van der Waals surface area (Å²) < 4.78 is 3.31. The van der Waals surface area contributed by atoms with Gasteiger partial charge >= 0.3 is 0 Å². The number of hydrogen-bond donors (Lipinski definition) is 2. The van der Waals surface area contributed by atoms with E-state index in [0.717, 1.165) is 27.2 Å². The van der Waals surface area contributed by atoms with Crippen LogP contribution in [0.2, 0.25) is 0 Å². The zero-order chi connectivity index (χ0) is 20.5. The van der Waals surface area contributed by atoms with E-state index in [1.54, 1.807) is 6.20 Å². The monoisotopic (exact) mass is 470 g/mol. The van der Waals surface area contributed by atoms with E-state index in [4.69, 9.17) is 12.2 Å². The van der Waals surface area contributed by atoms with Crippen molar-refractivity contribution in [1.29, 1.82) is 0 Å². The molecule has 1 saturated heterocycles. The molecule has 1 fully saturated rings. The Kier molecular flexibility index (Phi) is 5.72. The van der Waals surface area contributed by atoms with E-state index in [9.17, 15) is 5.11 Å². The van der Waals surface area contributed by atoms with Gasteiger partial charge in [-0.15, -0.1) is 0 Å². The molecule has 2 N–H and O–H groups in total. The quantitative estimate of drug-likeness (QED) is 0.546. The second kappa shape index (κ2) is 8.26. The summed E-state index contributed by atoms with van der Waals surface area (Å²) >= 11 is 9.13. The Hall–Kier alpha value is -2.22. The van der Waals surface area contributed by atoms with Crippen LogP contribution in [0.4, 0.5) is 0 Å². The standard InChI is InChI=1S/C22H23BrN4OS/c1-14-13-18(15(2)27(14)17-8-6-16(23)7-9-17)21-20(19-5-3-4-10-24-19)25-22(29)26(21)11-12-28/h3-10,13,20-21,28H,11-12H2,1-2H3,(H,25,29)/t20-,21-/m0/s1. The Labute approximate surface area is 184 Å². The first-order valence-electron chi connectivity index (χ1n) is 9.55. The molecule has 29 heavy (non-hydrogen) atoms. The van der Waals surface area contributed by atoms with Gasteiger partial charge in [-0.3, -0.25) is 4.98 Å². The van der Waals surface area contributed by atoms with Gasteiger partial charge in [0.15, 0.2) is 5.11 Å². The summed E-state index contributed by atoms with van der Waals surface area (Å²) in [5, 5.41) is 13.7. The first-order chi connectivity index (χ1) is 14.0. The predicted octanol–water partition coefficient (Wildman–Crippen LogP) is 4.22. The van der Waals surface area contributed by atoms with Crippen LogP contribution >= 0.6 is 28.1 Å². The molecule has 7 heteroatoms. The average Bonchev–Trinajstić information content (AvgIpc) is 3.20. The van der Waals surface area contributed by atoms with E-state index in [-0.39, 0.29) is 18.7 Å². The van der Waals surface area contributed by atoms with Gasteiger partial charge in [0.05, 0.1) is 24.4 Å². The van der Waals surface area contributed by atoms with Crippen molar-refractivity contribution in [3.05, 3.63) is 81.8 Å². The van der Waals surface area contributed by atoms with E-state index in [1.807, 2.05) is 18.2 Å². The van der Waals surface area contributed by atoms with E-state index < -0.39 is 0 Å². The number of thiocarbonyl (C=S) groups is 1. The van der Waals surface area contributed by atoms with Crippen molar-refractivity contribution in [3.8, 4) is 5.69 Å². The van der Waals surface area contributed by atoms with E-state index in [0.29, 0.717) is 11.7 Å². The lowest BCUT2D eigenvalue weighted by Crippen LogP contribution is -2.32. The van der Waals surface area contributed by atoms with Crippen LogP contribution in [-0.2, 0) is 0 Å². The number of β-amino-alcohol motifs (C(OH)–C–C–N with tert-alkyl or cyclic N) is 1. The maximum absolute atomic E-state index is 9.64. The third-order valence-electron chi connectivity index (χ3n) is 5.41. The molecule has 0 aliphatic carbocycles. The Balaban J connectivity index is 1.82. The molecule has 0 spiro atoms. The van der Waals surface area contributed by atoms with Gasteiger partial charge in [-0.25, -0.2) is 0 Å².